The van der Waals surface area contributed by atoms with Gasteiger partial charge in [-0.25, -0.2) is 0 Å². The lowest BCUT2D eigenvalue weighted by Gasteiger charge is -2.45. The summed E-state index contributed by atoms with van der Waals surface area (Å²) in [5.41, 5.74) is 3.00. The lowest BCUT2D eigenvalue weighted by molar-refractivity contribution is -0.320. The molecule has 0 bridgehead atoms. The molecule has 0 amide bonds. The van der Waals surface area contributed by atoms with Gasteiger partial charge in [-0.1, -0.05) is 97.1 Å². The van der Waals surface area contributed by atoms with Crippen molar-refractivity contribution in [3.8, 4) is 0 Å². The first-order valence-electron chi connectivity index (χ1n) is 13.1. The quantitative estimate of drug-likeness (QED) is 0.208. The Bertz CT molecular complexity index is 1120. The highest BCUT2D eigenvalue weighted by molar-refractivity contribution is 5.66. The summed E-state index contributed by atoms with van der Waals surface area (Å²) in [5.74, 6) is -0.468. The van der Waals surface area contributed by atoms with Crippen LogP contribution < -0.4 is 0 Å². The number of carbonyl (C=O) groups excluding carboxylic acids is 1. The van der Waals surface area contributed by atoms with E-state index in [0.717, 1.165) is 16.7 Å². The minimum atomic E-state index is -0.897. The summed E-state index contributed by atoms with van der Waals surface area (Å²) in [5, 5.41) is 0. The summed E-state index contributed by atoms with van der Waals surface area (Å²) in [7, 11) is 0. The Kier molecular flexibility index (Phi) is 11.3. The predicted molar refractivity (Wildman–Crippen MR) is 146 cm³/mol. The van der Waals surface area contributed by atoms with E-state index < -0.39 is 36.7 Å². The molecule has 0 spiro atoms. The highest BCUT2D eigenvalue weighted by atomic mass is 16.7. The maximum absolute atomic E-state index is 12.2. The van der Waals surface area contributed by atoms with E-state index in [1.54, 1.807) is 6.08 Å². The SMILES string of the molecule is C=CCO[C@@H]1[C@@H](OC(C)=O)[C@H](OCc2ccccc2)O[C@H](COCc2ccccc2)[C@H]1OCc1ccccc1. The first kappa shape index (κ1) is 28.7. The highest BCUT2D eigenvalue weighted by Gasteiger charge is 2.50. The molecule has 3 aromatic rings. The van der Waals surface area contributed by atoms with E-state index in [2.05, 4.69) is 6.58 Å². The van der Waals surface area contributed by atoms with Crippen LogP contribution in [0.25, 0.3) is 0 Å². The van der Waals surface area contributed by atoms with Gasteiger partial charge in [0.05, 0.1) is 33.0 Å². The Labute approximate surface area is 230 Å². The van der Waals surface area contributed by atoms with E-state index in [0.29, 0.717) is 13.2 Å². The van der Waals surface area contributed by atoms with E-state index in [-0.39, 0.29) is 19.8 Å². The molecule has 0 aliphatic carbocycles. The normalized spacial score (nSPS) is 22.7. The van der Waals surface area contributed by atoms with Crippen LogP contribution in [0.2, 0.25) is 0 Å². The summed E-state index contributed by atoms with van der Waals surface area (Å²) in [4.78, 5) is 12.2. The molecular weight excluding hydrogens is 496 g/mol. The first-order valence-corrected chi connectivity index (χ1v) is 13.1. The molecule has 1 aliphatic heterocycles. The zero-order chi connectivity index (χ0) is 27.3. The largest absolute Gasteiger partial charge is 0.454 e. The molecule has 4 rings (SSSR count). The van der Waals surface area contributed by atoms with Crippen LogP contribution in [0, 0.1) is 0 Å². The molecule has 1 saturated heterocycles. The van der Waals surface area contributed by atoms with E-state index in [1.165, 1.54) is 6.92 Å². The number of hydrogen-bond donors (Lipinski definition) is 0. The Morgan fingerprint density at radius 2 is 1.28 bits per heavy atom. The summed E-state index contributed by atoms with van der Waals surface area (Å²) < 4.78 is 37.0. The van der Waals surface area contributed by atoms with Gasteiger partial charge in [0.1, 0.15) is 18.3 Å². The van der Waals surface area contributed by atoms with Gasteiger partial charge >= 0.3 is 5.97 Å². The zero-order valence-corrected chi connectivity index (χ0v) is 22.2. The van der Waals surface area contributed by atoms with E-state index in [4.69, 9.17) is 28.4 Å². The smallest absolute Gasteiger partial charge is 0.303 e. The monoisotopic (exact) mass is 532 g/mol. The zero-order valence-electron chi connectivity index (χ0n) is 22.2. The van der Waals surface area contributed by atoms with Gasteiger partial charge in [0.15, 0.2) is 12.4 Å². The topological polar surface area (TPSA) is 72.5 Å². The standard InChI is InChI=1S/C32H36O7/c1-3-19-35-30-29(36-21-26-15-9-5-10-16-26)28(23-34-20-25-13-7-4-8-14-25)39-32(31(30)38-24(2)33)37-22-27-17-11-6-12-18-27/h3-18,28-32H,1,19-23H2,2H3/t28-,29-,30+,31-,32-/m1/s1. The number of benzene rings is 3. The number of rotatable bonds is 14. The van der Waals surface area contributed by atoms with Crippen molar-refractivity contribution >= 4 is 5.97 Å². The van der Waals surface area contributed by atoms with Crippen LogP contribution in [0.4, 0.5) is 0 Å². The number of esters is 1. The summed E-state index contributed by atoms with van der Waals surface area (Å²) in [6.45, 7) is 6.59. The molecule has 1 heterocycles. The van der Waals surface area contributed by atoms with Crippen LogP contribution in [0.15, 0.2) is 104 Å². The molecule has 3 aromatic carbocycles. The maximum Gasteiger partial charge on any atom is 0.303 e. The fraction of sp³-hybridized carbons (Fsp3) is 0.344. The number of ether oxygens (including phenoxy) is 6. The van der Waals surface area contributed by atoms with Gasteiger partial charge in [0.25, 0.3) is 0 Å². The van der Waals surface area contributed by atoms with Crippen LogP contribution in [-0.2, 0) is 53.0 Å². The Morgan fingerprint density at radius 3 is 1.82 bits per heavy atom. The Hall–Kier alpha value is -3.33. The van der Waals surface area contributed by atoms with Gasteiger partial charge in [-0.2, -0.15) is 0 Å². The molecule has 5 atom stereocenters. The predicted octanol–water partition coefficient (Wildman–Crippen LogP) is 5.23. The molecule has 1 fully saturated rings. The minimum Gasteiger partial charge on any atom is -0.454 e. The minimum absolute atomic E-state index is 0.223. The Balaban J connectivity index is 1.57. The van der Waals surface area contributed by atoms with Crippen LogP contribution in [0.3, 0.4) is 0 Å². The average molecular weight is 533 g/mol. The fourth-order valence-electron chi connectivity index (χ4n) is 4.42. The van der Waals surface area contributed by atoms with Gasteiger partial charge in [-0.3, -0.25) is 4.79 Å². The number of carbonyl (C=O) groups is 1. The van der Waals surface area contributed by atoms with Gasteiger partial charge < -0.3 is 28.4 Å². The molecule has 206 valence electrons. The van der Waals surface area contributed by atoms with Crippen LogP contribution in [0.1, 0.15) is 23.6 Å². The van der Waals surface area contributed by atoms with Crippen molar-refractivity contribution in [2.75, 3.05) is 13.2 Å². The second kappa shape index (κ2) is 15.3. The van der Waals surface area contributed by atoms with Crippen molar-refractivity contribution in [1.29, 1.82) is 0 Å². The van der Waals surface area contributed by atoms with Crippen molar-refractivity contribution in [3.63, 3.8) is 0 Å². The van der Waals surface area contributed by atoms with Crippen LogP contribution in [0.5, 0.6) is 0 Å². The fourth-order valence-corrected chi connectivity index (χ4v) is 4.42. The summed E-state index contributed by atoms with van der Waals surface area (Å²) >= 11 is 0. The van der Waals surface area contributed by atoms with Gasteiger partial charge in [0.2, 0.25) is 0 Å². The van der Waals surface area contributed by atoms with Gasteiger partial charge in [0, 0.05) is 6.92 Å². The third kappa shape index (κ3) is 8.85. The maximum atomic E-state index is 12.2. The summed E-state index contributed by atoms with van der Waals surface area (Å²) in [6.07, 6.45) is -1.96. The van der Waals surface area contributed by atoms with Crippen molar-refractivity contribution in [1.82, 2.24) is 0 Å². The van der Waals surface area contributed by atoms with Crippen molar-refractivity contribution in [2.24, 2.45) is 0 Å². The second-order valence-electron chi connectivity index (χ2n) is 9.26. The van der Waals surface area contributed by atoms with Crippen LogP contribution in [-0.4, -0.2) is 49.9 Å². The third-order valence-electron chi connectivity index (χ3n) is 6.24. The van der Waals surface area contributed by atoms with E-state index >= 15 is 0 Å². The van der Waals surface area contributed by atoms with Gasteiger partial charge in [-0.05, 0) is 16.7 Å². The second-order valence-corrected chi connectivity index (χ2v) is 9.26. The Morgan fingerprint density at radius 1 is 0.744 bits per heavy atom. The third-order valence-corrected chi connectivity index (χ3v) is 6.24. The lowest BCUT2D eigenvalue weighted by atomic mass is 9.98. The van der Waals surface area contributed by atoms with E-state index in [1.807, 2.05) is 91.0 Å². The molecule has 1 aliphatic rings. The van der Waals surface area contributed by atoms with Crippen molar-refractivity contribution < 1.29 is 33.2 Å². The molecule has 7 heteroatoms. The molecule has 39 heavy (non-hydrogen) atoms. The summed E-state index contributed by atoms with van der Waals surface area (Å²) in [6, 6.07) is 29.5. The molecule has 0 saturated carbocycles. The van der Waals surface area contributed by atoms with Gasteiger partial charge in [-0.15, -0.1) is 6.58 Å². The molecule has 0 N–H and O–H groups in total. The van der Waals surface area contributed by atoms with Crippen molar-refractivity contribution in [3.05, 3.63) is 120 Å². The lowest BCUT2D eigenvalue weighted by Crippen LogP contribution is -2.62. The molecule has 0 unspecified atom stereocenters. The van der Waals surface area contributed by atoms with E-state index in [9.17, 15) is 4.79 Å². The van der Waals surface area contributed by atoms with Crippen molar-refractivity contribution in [2.45, 2.75) is 57.5 Å². The molecule has 0 aromatic heterocycles. The van der Waals surface area contributed by atoms with Crippen LogP contribution >= 0.6 is 0 Å². The number of hydrogen-bond acceptors (Lipinski definition) is 7. The first-order chi connectivity index (χ1) is 19.1. The molecule has 7 nitrogen and oxygen atoms in total. The highest BCUT2D eigenvalue weighted by Crippen LogP contribution is 2.31. The molecular formula is C32H36O7. The average Bonchev–Trinajstić information content (AvgIpc) is 2.96. The molecule has 0 radical (unpaired) electrons.